The van der Waals surface area contributed by atoms with Crippen LogP contribution in [0.2, 0.25) is 0 Å². The topological polar surface area (TPSA) is 107 Å². The van der Waals surface area contributed by atoms with Gasteiger partial charge >= 0.3 is 5.97 Å². The standard InChI is InChI=1S/C16H23NO2.C12H18O4S/c1-2-3-4-6-15(18)13-8-10-14(11-9-13)17-12-5-7-16(17)19;1-2-3-10-4-5-11(17-10)12(15)16-7-6-9(14)8-13/h8-11,15,18H,2-7,12H2,1H3;4-5,9,13-14H,2-3,6-8H2,1H3/t15-;/m0./s1. The fourth-order valence-corrected chi connectivity index (χ4v) is 4.87. The summed E-state index contributed by atoms with van der Waals surface area (Å²) in [4.78, 5) is 26.8. The summed E-state index contributed by atoms with van der Waals surface area (Å²) < 4.78 is 4.99. The predicted octanol–water partition coefficient (Wildman–Crippen LogP) is 5.03. The molecule has 0 spiro atoms. The molecule has 1 fully saturated rings. The molecular weight excluding hydrogens is 478 g/mol. The summed E-state index contributed by atoms with van der Waals surface area (Å²) in [7, 11) is 0. The summed E-state index contributed by atoms with van der Waals surface area (Å²) in [5.41, 5.74) is 1.90. The SMILES string of the molecule is CCCCC[C@H](O)c1ccc(N2CCCC2=O)cc1.CCCc1ccc(C(=O)OCCC(O)CO)s1. The number of aliphatic hydroxyl groups excluding tert-OH is 3. The Morgan fingerprint density at radius 1 is 1.06 bits per heavy atom. The quantitative estimate of drug-likeness (QED) is 0.253. The van der Waals surface area contributed by atoms with Gasteiger partial charge in [-0.15, -0.1) is 11.3 Å². The highest BCUT2D eigenvalue weighted by atomic mass is 32.1. The highest BCUT2D eigenvalue weighted by Gasteiger charge is 2.21. The van der Waals surface area contributed by atoms with Crippen LogP contribution in [0, 0.1) is 0 Å². The molecule has 2 heterocycles. The van der Waals surface area contributed by atoms with E-state index in [2.05, 4.69) is 13.8 Å². The Morgan fingerprint density at radius 2 is 1.81 bits per heavy atom. The molecule has 7 nitrogen and oxygen atoms in total. The van der Waals surface area contributed by atoms with Crippen molar-refractivity contribution < 1.29 is 29.6 Å². The second kappa shape index (κ2) is 16.5. The van der Waals surface area contributed by atoms with Crippen LogP contribution >= 0.6 is 11.3 Å². The van der Waals surface area contributed by atoms with E-state index < -0.39 is 6.10 Å². The first-order chi connectivity index (χ1) is 17.4. The molecular formula is C28H41NO6S. The Morgan fingerprint density at radius 3 is 2.42 bits per heavy atom. The summed E-state index contributed by atoms with van der Waals surface area (Å²) in [6, 6.07) is 11.5. The third kappa shape index (κ3) is 10.0. The third-order valence-corrected chi connectivity index (χ3v) is 7.12. The van der Waals surface area contributed by atoms with Gasteiger partial charge in [-0.2, -0.15) is 0 Å². The number of unbranched alkanes of at least 4 members (excludes halogenated alkanes) is 2. The highest BCUT2D eigenvalue weighted by Crippen LogP contribution is 2.25. The molecule has 0 radical (unpaired) electrons. The number of aliphatic hydroxyl groups is 3. The molecule has 2 atom stereocenters. The maximum Gasteiger partial charge on any atom is 0.348 e. The van der Waals surface area contributed by atoms with Crippen molar-refractivity contribution in [3.8, 4) is 0 Å². The van der Waals surface area contributed by atoms with E-state index in [-0.39, 0.29) is 37.6 Å². The van der Waals surface area contributed by atoms with E-state index in [9.17, 15) is 14.7 Å². The van der Waals surface area contributed by atoms with Crippen LogP contribution in [0.4, 0.5) is 5.69 Å². The number of carbonyl (C=O) groups excluding carboxylic acids is 2. The normalized spacial score (nSPS) is 14.8. The molecule has 1 aromatic carbocycles. The van der Waals surface area contributed by atoms with Crippen molar-refractivity contribution in [2.24, 2.45) is 0 Å². The maximum atomic E-state index is 11.6. The lowest BCUT2D eigenvalue weighted by molar-refractivity contribution is -0.117. The molecule has 1 aliphatic heterocycles. The van der Waals surface area contributed by atoms with E-state index in [0.717, 1.165) is 56.3 Å². The minimum Gasteiger partial charge on any atom is -0.461 e. The monoisotopic (exact) mass is 519 g/mol. The Labute approximate surface area is 218 Å². The summed E-state index contributed by atoms with van der Waals surface area (Å²) in [6.07, 6.45) is 6.90. The first-order valence-electron chi connectivity index (χ1n) is 13.0. The number of rotatable bonds is 13. The van der Waals surface area contributed by atoms with Gasteiger partial charge in [0.25, 0.3) is 0 Å². The Hall–Kier alpha value is -2.26. The third-order valence-electron chi connectivity index (χ3n) is 6.00. The van der Waals surface area contributed by atoms with Gasteiger partial charge in [-0.1, -0.05) is 51.7 Å². The van der Waals surface area contributed by atoms with Crippen LogP contribution in [-0.2, 0) is 16.0 Å². The molecule has 0 aliphatic carbocycles. The average Bonchev–Trinajstić information content (AvgIpc) is 3.54. The summed E-state index contributed by atoms with van der Waals surface area (Å²) in [5.74, 6) is -0.154. The number of carbonyl (C=O) groups is 2. The minimum atomic E-state index is -0.818. The fraction of sp³-hybridized carbons (Fsp3) is 0.571. The van der Waals surface area contributed by atoms with E-state index in [4.69, 9.17) is 14.9 Å². The van der Waals surface area contributed by atoms with Crippen LogP contribution in [0.25, 0.3) is 0 Å². The highest BCUT2D eigenvalue weighted by molar-refractivity contribution is 7.13. The zero-order valence-corrected chi connectivity index (χ0v) is 22.3. The van der Waals surface area contributed by atoms with Crippen molar-refractivity contribution in [2.75, 3.05) is 24.7 Å². The molecule has 200 valence electrons. The van der Waals surface area contributed by atoms with E-state index in [0.29, 0.717) is 11.3 Å². The number of hydrogen-bond acceptors (Lipinski definition) is 7. The van der Waals surface area contributed by atoms with Crippen molar-refractivity contribution >= 4 is 28.9 Å². The molecule has 3 N–H and O–H groups in total. The number of ether oxygens (including phenoxy) is 1. The van der Waals surface area contributed by atoms with E-state index in [1.54, 1.807) is 6.07 Å². The Kier molecular flexibility index (Phi) is 13.7. The van der Waals surface area contributed by atoms with Crippen molar-refractivity contribution in [3.63, 3.8) is 0 Å². The van der Waals surface area contributed by atoms with Crippen LogP contribution in [-0.4, -0.2) is 53.1 Å². The lowest BCUT2D eigenvalue weighted by atomic mass is 10.0. The average molecular weight is 520 g/mol. The number of amides is 1. The molecule has 8 heteroatoms. The van der Waals surface area contributed by atoms with Gasteiger partial charge in [-0.25, -0.2) is 4.79 Å². The van der Waals surface area contributed by atoms with E-state index >= 15 is 0 Å². The smallest absolute Gasteiger partial charge is 0.348 e. The lowest BCUT2D eigenvalue weighted by Crippen LogP contribution is -2.23. The number of anilines is 1. The van der Waals surface area contributed by atoms with Crippen LogP contribution in [0.1, 0.15) is 91.4 Å². The van der Waals surface area contributed by atoms with Crippen LogP contribution < -0.4 is 4.90 Å². The number of benzene rings is 1. The molecule has 0 saturated carbocycles. The number of esters is 1. The minimum absolute atomic E-state index is 0.127. The fourth-order valence-electron chi connectivity index (χ4n) is 3.87. The summed E-state index contributed by atoms with van der Waals surface area (Å²) in [6.45, 7) is 4.89. The van der Waals surface area contributed by atoms with E-state index in [1.807, 2.05) is 35.2 Å². The van der Waals surface area contributed by atoms with Crippen molar-refractivity contribution in [1.82, 2.24) is 0 Å². The summed E-state index contributed by atoms with van der Waals surface area (Å²) in [5, 5.41) is 27.7. The number of hydrogen-bond donors (Lipinski definition) is 3. The van der Waals surface area contributed by atoms with Crippen molar-refractivity contribution in [2.45, 2.75) is 83.8 Å². The van der Waals surface area contributed by atoms with Gasteiger partial charge in [0, 0.05) is 30.0 Å². The van der Waals surface area contributed by atoms with Gasteiger partial charge in [-0.05, 0) is 49.1 Å². The van der Waals surface area contributed by atoms with Crippen LogP contribution in [0.15, 0.2) is 36.4 Å². The Bertz CT molecular complexity index is 913. The van der Waals surface area contributed by atoms with E-state index in [1.165, 1.54) is 22.6 Å². The molecule has 36 heavy (non-hydrogen) atoms. The van der Waals surface area contributed by atoms with Gasteiger partial charge in [0.2, 0.25) is 5.91 Å². The molecule has 0 bridgehead atoms. The zero-order chi connectivity index (χ0) is 26.3. The first-order valence-corrected chi connectivity index (χ1v) is 13.8. The largest absolute Gasteiger partial charge is 0.461 e. The van der Waals surface area contributed by atoms with Crippen molar-refractivity contribution in [3.05, 3.63) is 51.7 Å². The molecule has 1 aliphatic rings. The first kappa shape index (κ1) is 30.0. The molecule has 1 amide bonds. The second-order valence-corrected chi connectivity index (χ2v) is 10.2. The van der Waals surface area contributed by atoms with Crippen LogP contribution in [0.3, 0.4) is 0 Å². The van der Waals surface area contributed by atoms with Gasteiger partial charge in [-0.3, -0.25) is 4.79 Å². The summed E-state index contributed by atoms with van der Waals surface area (Å²) >= 11 is 1.44. The van der Waals surface area contributed by atoms with Gasteiger partial charge in [0.15, 0.2) is 0 Å². The van der Waals surface area contributed by atoms with Crippen LogP contribution in [0.5, 0.6) is 0 Å². The van der Waals surface area contributed by atoms with Gasteiger partial charge in [0.05, 0.1) is 25.4 Å². The molecule has 1 unspecified atom stereocenters. The molecule has 1 saturated heterocycles. The van der Waals surface area contributed by atoms with Gasteiger partial charge in [0.1, 0.15) is 4.88 Å². The number of nitrogens with zero attached hydrogens (tertiary/aromatic N) is 1. The number of thiophene rings is 1. The molecule has 2 aromatic rings. The predicted molar refractivity (Wildman–Crippen MR) is 143 cm³/mol. The zero-order valence-electron chi connectivity index (χ0n) is 21.5. The van der Waals surface area contributed by atoms with Crippen molar-refractivity contribution in [1.29, 1.82) is 0 Å². The maximum absolute atomic E-state index is 11.6. The molecule has 1 aromatic heterocycles. The second-order valence-electron chi connectivity index (χ2n) is 9.03. The molecule has 3 rings (SSSR count). The van der Waals surface area contributed by atoms with Gasteiger partial charge < -0.3 is 25.0 Å². The Balaban J connectivity index is 0.000000255. The number of aryl methyl sites for hydroxylation is 1. The lowest BCUT2D eigenvalue weighted by Gasteiger charge is -2.17.